The molecule has 1 aromatic carbocycles. The van der Waals surface area contributed by atoms with Crippen molar-refractivity contribution < 1.29 is 18.8 Å². The second-order valence-electron chi connectivity index (χ2n) is 5.27. The van der Waals surface area contributed by atoms with Gasteiger partial charge in [0.25, 0.3) is 11.8 Å². The lowest BCUT2D eigenvalue weighted by atomic mass is 10.1. The van der Waals surface area contributed by atoms with E-state index in [1.165, 1.54) is 0 Å². The minimum absolute atomic E-state index is 0.188. The fraction of sp³-hybridized carbons (Fsp3) is 0.235. The molecule has 3 N–H and O–H groups in total. The van der Waals surface area contributed by atoms with Crippen LogP contribution in [0, 0.1) is 13.8 Å². The van der Waals surface area contributed by atoms with Crippen molar-refractivity contribution in [2.75, 3.05) is 6.54 Å². The fourth-order valence-electron chi connectivity index (χ4n) is 2.12. The minimum atomic E-state index is -0.525. The van der Waals surface area contributed by atoms with Crippen LogP contribution < -0.4 is 16.2 Å². The molecule has 0 bridgehead atoms. The van der Waals surface area contributed by atoms with Gasteiger partial charge in [0.2, 0.25) is 5.91 Å². The van der Waals surface area contributed by atoms with Crippen LogP contribution in [0.1, 0.15) is 27.4 Å². The van der Waals surface area contributed by atoms with E-state index in [1.54, 1.807) is 19.9 Å². The molecule has 1 aromatic heterocycles. The third-order valence-corrected chi connectivity index (χ3v) is 3.25. The number of hydrogen-bond donors (Lipinski definition) is 3. The van der Waals surface area contributed by atoms with Crippen LogP contribution in [0.3, 0.4) is 0 Å². The van der Waals surface area contributed by atoms with Crippen LogP contribution >= 0.6 is 0 Å². The van der Waals surface area contributed by atoms with Crippen LogP contribution in [-0.4, -0.2) is 24.3 Å². The van der Waals surface area contributed by atoms with Crippen LogP contribution in [0.25, 0.3) is 0 Å². The molecule has 1 heterocycles. The maximum absolute atomic E-state index is 11.9. The van der Waals surface area contributed by atoms with Gasteiger partial charge in [-0.15, -0.1) is 0 Å². The molecule has 0 radical (unpaired) electrons. The molecular formula is C17H19N3O4. The molecule has 0 aliphatic heterocycles. The van der Waals surface area contributed by atoms with Gasteiger partial charge in [-0.3, -0.25) is 25.2 Å². The number of carbonyl (C=O) groups excluding carboxylic acids is 3. The molecule has 0 saturated heterocycles. The first-order chi connectivity index (χ1) is 11.5. The highest BCUT2D eigenvalue weighted by Crippen LogP contribution is 2.12. The van der Waals surface area contributed by atoms with Crippen molar-refractivity contribution in [1.82, 2.24) is 16.2 Å². The normalized spacial score (nSPS) is 10.1. The summed E-state index contributed by atoms with van der Waals surface area (Å²) >= 11 is 0. The molecule has 24 heavy (non-hydrogen) atoms. The Labute approximate surface area is 139 Å². The van der Waals surface area contributed by atoms with Crippen LogP contribution in [0.15, 0.2) is 40.8 Å². The largest absolute Gasteiger partial charge is 0.466 e. The molecule has 0 fully saturated rings. The second-order valence-corrected chi connectivity index (χ2v) is 5.27. The van der Waals surface area contributed by atoms with Crippen molar-refractivity contribution >= 4 is 17.7 Å². The Morgan fingerprint density at radius 2 is 1.71 bits per heavy atom. The number of hydrogen-bond acceptors (Lipinski definition) is 4. The van der Waals surface area contributed by atoms with E-state index in [9.17, 15) is 14.4 Å². The summed E-state index contributed by atoms with van der Waals surface area (Å²) in [5.74, 6) is -0.201. The summed E-state index contributed by atoms with van der Waals surface area (Å²) in [7, 11) is 0. The van der Waals surface area contributed by atoms with Crippen molar-refractivity contribution in [1.29, 1.82) is 0 Å². The molecular weight excluding hydrogens is 310 g/mol. The molecule has 0 aliphatic carbocycles. The molecule has 0 spiro atoms. The van der Waals surface area contributed by atoms with E-state index in [1.807, 2.05) is 30.3 Å². The van der Waals surface area contributed by atoms with Gasteiger partial charge in [0, 0.05) is 0 Å². The number of amides is 3. The monoisotopic (exact) mass is 329 g/mol. The number of rotatable bonds is 5. The Kier molecular flexibility index (Phi) is 5.73. The summed E-state index contributed by atoms with van der Waals surface area (Å²) in [4.78, 5) is 35.3. The lowest BCUT2D eigenvalue weighted by molar-refractivity contribution is -0.126. The summed E-state index contributed by atoms with van der Waals surface area (Å²) < 4.78 is 5.25. The van der Waals surface area contributed by atoms with Crippen molar-refractivity contribution in [3.63, 3.8) is 0 Å². The first-order valence-electron chi connectivity index (χ1n) is 7.42. The number of benzene rings is 1. The molecule has 0 saturated carbocycles. The number of aryl methyl sites for hydroxylation is 2. The first-order valence-corrected chi connectivity index (χ1v) is 7.42. The number of hydrazine groups is 1. The van der Waals surface area contributed by atoms with Gasteiger partial charge in [0.15, 0.2) is 0 Å². The maximum atomic E-state index is 11.9. The zero-order valence-corrected chi connectivity index (χ0v) is 13.5. The zero-order chi connectivity index (χ0) is 17.5. The average molecular weight is 329 g/mol. The van der Waals surface area contributed by atoms with Gasteiger partial charge in [-0.2, -0.15) is 0 Å². The third kappa shape index (κ3) is 4.98. The molecule has 0 unspecified atom stereocenters. The van der Waals surface area contributed by atoms with E-state index < -0.39 is 11.8 Å². The zero-order valence-electron chi connectivity index (χ0n) is 13.5. The highest BCUT2D eigenvalue weighted by Gasteiger charge is 2.14. The molecule has 0 aliphatic rings. The molecule has 7 nitrogen and oxygen atoms in total. The average Bonchev–Trinajstić information content (AvgIpc) is 2.90. The van der Waals surface area contributed by atoms with Gasteiger partial charge in [-0.05, 0) is 25.5 Å². The summed E-state index contributed by atoms with van der Waals surface area (Å²) in [5.41, 5.74) is 5.72. The van der Waals surface area contributed by atoms with E-state index in [-0.39, 0.29) is 18.9 Å². The van der Waals surface area contributed by atoms with Crippen molar-refractivity contribution in [3.8, 4) is 0 Å². The number of furan rings is 1. The highest BCUT2D eigenvalue weighted by molar-refractivity contribution is 5.96. The number of nitrogens with one attached hydrogen (secondary N) is 3. The van der Waals surface area contributed by atoms with E-state index in [0.29, 0.717) is 17.1 Å². The van der Waals surface area contributed by atoms with E-state index in [2.05, 4.69) is 16.2 Å². The topological polar surface area (TPSA) is 100 Å². The number of carbonyl (C=O) groups is 3. The Hall–Kier alpha value is -3.09. The second kappa shape index (κ2) is 7.96. The van der Waals surface area contributed by atoms with Gasteiger partial charge in [-0.25, -0.2) is 0 Å². The van der Waals surface area contributed by atoms with Gasteiger partial charge >= 0.3 is 0 Å². The van der Waals surface area contributed by atoms with Crippen molar-refractivity contribution in [2.45, 2.75) is 20.3 Å². The smallest absolute Gasteiger partial charge is 0.273 e. The Morgan fingerprint density at radius 3 is 2.33 bits per heavy atom. The quantitative estimate of drug-likeness (QED) is 0.713. The van der Waals surface area contributed by atoms with Crippen LogP contribution in [0.2, 0.25) is 0 Å². The Morgan fingerprint density at radius 1 is 1.00 bits per heavy atom. The van der Waals surface area contributed by atoms with E-state index in [0.717, 1.165) is 5.56 Å². The lowest BCUT2D eigenvalue weighted by Gasteiger charge is -2.08. The van der Waals surface area contributed by atoms with Gasteiger partial charge < -0.3 is 9.73 Å². The summed E-state index contributed by atoms with van der Waals surface area (Å²) in [5, 5.41) is 2.49. The summed E-state index contributed by atoms with van der Waals surface area (Å²) in [6.07, 6.45) is 0.188. The first kappa shape index (κ1) is 17.3. The molecule has 3 amide bonds. The van der Waals surface area contributed by atoms with Crippen LogP contribution in [0.5, 0.6) is 0 Å². The van der Waals surface area contributed by atoms with Gasteiger partial charge in [0.05, 0.1) is 18.5 Å². The fourth-order valence-corrected chi connectivity index (χ4v) is 2.12. The predicted octanol–water partition coefficient (Wildman–Crippen LogP) is 1.02. The van der Waals surface area contributed by atoms with E-state index in [4.69, 9.17) is 4.42 Å². The molecule has 7 heteroatoms. The molecule has 0 atom stereocenters. The summed E-state index contributed by atoms with van der Waals surface area (Å²) in [6, 6.07) is 10.8. The van der Waals surface area contributed by atoms with E-state index >= 15 is 0 Å². The standard InChI is InChI=1S/C17H19N3O4/c1-11-8-14(12(2)24-11)17(23)20-19-16(22)10-18-15(21)9-13-6-4-3-5-7-13/h3-8H,9-10H2,1-2H3,(H,18,21)(H,19,22)(H,20,23). The third-order valence-electron chi connectivity index (χ3n) is 3.25. The summed E-state index contributed by atoms with van der Waals surface area (Å²) in [6.45, 7) is 3.16. The van der Waals surface area contributed by atoms with Crippen molar-refractivity contribution in [3.05, 3.63) is 59.0 Å². The SMILES string of the molecule is Cc1cc(C(=O)NNC(=O)CNC(=O)Cc2ccccc2)c(C)o1. The van der Waals surface area contributed by atoms with Crippen LogP contribution in [0.4, 0.5) is 0 Å². The Balaban J connectivity index is 1.72. The molecule has 2 rings (SSSR count). The highest BCUT2D eigenvalue weighted by atomic mass is 16.3. The predicted molar refractivity (Wildman–Crippen MR) is 86.9 cm³/mol. The maximum Gasteiger partial charge on any atom is 0.273 e. The molecule has 126 valence electrons. The Bertz CT molecular complexity index is 738. The van der Waals surface area contributed by atoms with Gasteiger partial charge in [0.1, 0.15) is 11.5 Å². The minimum Gasteiger partial charge on any atom is -0.466 e. The molecule has 2 aromatic rings. The lowest BCUT2D eigenvalue weighted by Crippen LogP contribution is -2.46. The van der Waals surface area contributed by atoms with Crippen molar-refractivity contribution in [2.24, 2.45) is 0 Å². The van der Waals surface area contributed by atoms with Gasteiger partial charge in [-0.1, -0.05) is 30.3 Å². The van der Waals surface area contributed by atoms with Crippen LogP contribution in [-0.2, 0) is 16.0 Å².